The smallest absolute Gasteiger partial charge is 0.0543 e. The van der Waals surface area contributed by atoms with E-state index in [0.29, 0.717) is 22.7 Å². The minimum absolute atomic E-state index is 0.0249. The van der Waals surface area contributed by atoms with Crippen LogP contribution in [0.15, 0.2) is 24.3 Å². The molecule has 170 valence electrons. The molecule has 0 saturated heterocycles. The zero-order chi connectivity index (χ0) is 21.7. The molecule has 1 nitrogen and oxygen atoms in total. The molecule has 4 aliphatic carbocycles. The van der Waals surface area contributed by atoms with E-state index in [1.54, 1.807) is 0 Å². The molecule has 0 aromatic rings. The highest BCUT2D eigenvalue weighted by Crippen LogP contribution is 2.68. The van der Waals surface area contributed by atoms with Gasteiger partial charge in [0.15, 0.2) is 0 Å². The van der Waals surface area contributed by atoms with E-state index in [2.05, 4.69) is 53.3 Å². The maximum absolute atomic E-state index is 10.3. The molecule has 4 fully saturated rings. The van der Waals surface area contributed by atoms with Crippen molar-refractivity contribution in [2.24, 2.45) is 52.3 Å². The van der Waals surface area contributed by atoms with Crippen molar-refractivity contribution in [1.29, 1.82) is 0 Å². The highest BCUT2D eigenvalue weighted by molar-refractivity contribution is 5.13. The summed E-state index contributed by atoms with van der Waals surface area (Å²) in [7, 11) is 0. The summed E-state index contributed by atoms with van der Waals surface area (Å²) in [5, 5.41) is 10.3. The summed E-state index contributed by atoms with van der Waals surface area (Å²) < 4.78 is 0. The van der Waals surface area contributed by atoms with Crippen LogP contribution in [0.5, 0.6) is 0 Å². The first-order valence-electron chi connectivity index (χ1n) is 13.2. The van der Waals surface area contributed by atoms with Gasteiger partial charge in [-0.3, -0.25) is 0 Å². The molecular weight excluding hydrogens is 364 g/mol. The Morgan fingerprint density at radius 2 is 1.70 bits per heavy atom. The lowest BCUT2D eigenvalue weighted by atomic mass is 9.44. The molecule has 0 aliphatic heterocycles. The average Bonchev–Trinajstić information content (AvgIpc) is 3.06. The molecule has 4 saturated carbocycles. The molecule has 1 N–H and O–H groups in total. The van der Waals surface area contributed by atoms with Gasteiger partial charge >= 0.3 is 0 Å². The number of hydrogen-bond acceptors (Lipinski definition) is 1. The highest BCUT2D eigenvalue weighted by Gasteiger charge is 2.60. The van der Waals surface area contributed by atoms with Gasteiger partial charge in [-0.05, 0) is 123 Å². The lowest BCUT2D eigenvalue weighted by Gasteiger charge is -2.61. The quantitative estimate of drug-likeness (QED) is 0.457. The second-order valence-electron chi connectivity index (χ2n) is 12.4. The Labute approximate surface area is 186 Å². The lowest BCUT2D eigenvalue weighted by Crippen LogP contribution is -2.54. The predicted molar refractivity (Wildman–Crippen MR) is 128 cm³/mol. The maximum Gasteiger partial charge on any atom is 0.0543 e. The van der Waals surface area contributed by atoms with Gasteiger partial charge in [0.1, 0.15) is 0 Å². The number of fused-ring (bicyclic) bond motifs is 5. The first-order valence-corrected chi connectivity index (χ1v) is 13.2. The van der Waals surface area contributed by atoms with E-state index >= 15 is 0 Å². The summed E-state index contributed by atoms with van der Waals surface area (Å²) in [4.78, 5) is 0. The number of hydrogen-bond donors (Lipinski definition) is 1. The van der Waals surface area contributed by atoms with Crippen molar-refractivity contribution in [2.75, 3.05) is 0 Å². The molecule has 0 heterocycles. The SMILES string of the molecule is C=C(C)[C@@H](C=C[C@@H](C)[C@H]1CC[C@H]2[C@@H]3CCC4CC(O)CC[C@]4(C)[C@H]3CC[C@]12C)CC. The predicted octanol–water partition coefficient (Wildman–Crippen LogP) is 7.80. The molecule has 0 aromatic carbocycles. The lowest BCUT2D eigenvalue weighted by molar-refractivity contribution is -0.128. The maximum atomic E-state index is 10.3. The summed E-state index contributed by atoms with van der Waals surface area (Å²) in [6, 6.07) is 0. The van der Waals surface area contributed by atoms with Gasteiger partial charge in [0.05, 0.1) is 6.10 Å². The third-order valence-corrected chi connectivity index (χ3v) is 11.1. The molecule has 1 heteroatoms. The largest absolute Gasteiger partial charge is 0.393 e. The van der Waals surface area contributed by atoms with Crippen molar-refractivity contribution in [2.45, 2.75) is 105 Å². The van der Waals surface area contributed by atoms with Crippen LogP contribution in [0.2, 0.25) is 0 Å². The van der Waals surface area contributed by atoms with Gasteiger partial charge in [-0.2, -0.15) is 0 Å². The van der Waals surface area contributed by atoms with Crippen molar-refractivity contribution in [3.05, 3.63) is 24.3 Å². The molecule has 4 aliphatic rings. The van der Waals surface area contributed by atoms with E-state index in [0.717, 1.165) is 42.4 Å². The van der Waals surface area contributed by atoms with Crippen LogP contribution in [0.4, 0.5) is 0 Å². The monoisotopic (exact) mass is 412 g/mol. The standard InChI is InChI=1S/C29H48O/c1-7-21(19(2)3)9-8-20(4)25-12-13-26-24-11-10-22-18-23(30)14-16-28(22,5)27(24)15-17-29(25,26)6/h8-9,20-27,30H,2,7,10-18H2,1,3-6H3/t20-,21-,22?,23?,24+,25-,26+,27+,28+,29-/m1/s1. The van der Waals surface area contributed by atoms with E-state index < -0.39 is 0 Å². The molecule has 2 unspecified atom stereocenters. The average molecular weight is 413 g/mol. The molecule has 0 aromatic heterocycles. The van der Waals surface area contributed by atoms with Gasteiger partial charge in [-0.1, -0.05) is 52.0 Å². The number of rotatable bonds is 5. The van der Waals surface area contributed by atoms with Crippen LogP contribution in [0, 0.1) is 52.3 Å². The van der Waals surface area contributed by atoms with E-state index in [1.807, 2.05) is 0 Å². The highest BCUT2D eigenvalue weighted by atomic mass is 16.3. The van der Waals surface area contributed by atoms with Crippen molar-refractivity contribution < 1.29 is 5.11 Å². The molecule has 0 spiro atoms. The molecule has 0 radical (unpaired) electrons. The van der Waals surface area contributed by atoms with Gasteiger partial charge < -0.3 is 5.11 Å². The van der Waals surface area contributed by atoms with Gasteiger partial charge in [-0.25, -0.2) is 0 Å². The Kier molecular flexibility index (Phi) is 6.35. The van der Waals surface area contributed by atoms with Gasteiger partial charge in [0.2, 0.25) is 0 Å². The van der Waals surface area contributed by atoms with Gasteiger partial charge in [0.25, 0.3) is 0 Å². The van der Waals surface area contributed by atoms with Crippen molar-refractivity contribution in [3.8, 4) is 0 Å². The summed E-state index contributed by atoms with van der Waals surface area (Å²) >= 11 is 0. The van der Waals surface area contributed by atoms with Crippen LogP contribution >= 0.6 is 0 Å². The molecule has 4 rings (SSSR count). The van der Waals surface area contributed by atoms with E-state index in [9.17, 15) is 5.11 Å². The third-order valence-electron chi connectivity index (χ3n) is 11.1. The molecule has 0 bridgehead atoms. The summed E-state index contributed by atoms with van der Waals surface area (Å²) in [5.41, 5.74) is 2.34. The van der Waals surface area contributed by atoms with Crippen LogP contribution in [0.1, 0.15) is 98.8 Å². The minimum Gasteiger partial charge on any atom is -0.393 e. The number of allylic oxidation sites excluding steroid dienone is 3. The van der Waals surface area contributed by atoms with Crippen molar-refractivity contribution in [3.63, 3.8) is 0 Å². The Morgan fingerprint density at radius 3 is 2.40 bits per heavy atom. The van der Waals surface area contributed by atoms with Crippen LogP contribution in [-0.4, -0.2) is 11.2 Å². The molecule has 30 heavy (non-hydrogen) atoms. The topological polar surface area (TPSA) is 20.2 Å². The zero-order valence-electron chi connectivity index (χ0n) is 20.5. The van der Waals surface area contributed by atoms with Crippen LogP contribution < -0.4 is 0 Å². The summed E-state index contributed by atoms with van der Waals surface area (Å²) in [5.74, 6) is 5.65. The fourth-order valence-electron chi connectivity index (χ4n) is 9.23. The molecular formula is C29H48O. The van der Waals surface area contributed by atoms with Gasteiger partial charge in [0, 0.05) is 0 Å². The Hall–Kier alpha value is -0.560. The Morgan fingerprint density at radius 1 is 1.00 bits per heavy atom. The second kappa shape index (κ2) is 8.42. The van der Waals surface area contributed by atoms with Crippen LogP contribution in [0.25, 0.3) is 0 Å². The number of aliphatic hydroxyl groups excluding tert-OH is 1. The molecule has 0 amide bonds. The van der Waals surface area contributed by atoms with Crippen molar-refractivity contribution >= 4 is 0 Å². The fourth-order valence-corrected chi connectivity index (χ4v) is 9.23. The first kappa shape index (κ1) is 22.6. The van der Waals surface area contributed by atoms with Crippen molar-refractivity contribution in [1.82, 2.24) is 0 Å². The minimum atomic E-state index is -0.0249. The third kappa shape index (κ3) is 3.66. The van der Waals surface area contributed by atoms with E-state index in [1.165, 1.54) is 56.9 Å². The van der Waals surface area contributed by atoms with E-state index in [-0.39, 0.29) is 6.10 Å². The summed E-state index contributed by atoms with van der Waals surface area (Å²) in [6.07, 6.45) is 18.1. The summed E-state index contributed by atoms with van der Waals surface area (Å²) in [6.45, 7) is 16.4. The Balaban J connectivity index is 1.50. The normalized spacial score (nSPS) is 47.9. The van der Waals surface area contributed by atoms with E-state index in [4.69, 9.17) is 0 Å². The second-order valence-corrected chi connectivity index (χ2v) is 12.4. The van der Waals surface area contributed by atoms with Crippen LogP contribution in [-0.2, 0) is 0 Å². The van der Waals surface area contributed by atoms with Gasteiger partial charge in [-0.15, -0.1) is 0 Å². The number of aliphatic hydroxyl groups is 1. The molecule has 10 atom stereocenters. The Bertz CT molecular complexity index is 663. The first-order chi connectivity index (χ1) is 14.2. The fraction of sp³-hybridized carbons (Fsp3) is 0.862. The zero-order valence-corrected chi connectivity index (χ0v) is 20.5. The van der Waals surface area contributed by atoms with Crippen LogP contribution in [0.3, 0.4) is 0 Å².